The summed E-state index contributed by atoms with van der Waals surface area (Å²) in [7, 11) is 1.67. The first-order chi connectivity index (χ1) is 10.7. The van der Waals surface area contributed by atoms with Crippen molar-refractivity contribution in [1.82, 2.24) is 25.3 Å². The summed E-state index contributed by atoms with van der Waals surface area (Å²) in [5, 5.41) is 10.6. The zero-order chi connectivity index (χ0) is 15.5. The smallest absolute Gasteiger partial charge is 0.227 e. The second-order valence-electron chi connectivity index (χ2n) is 5.55. The predicted octanol–water partition coefficient (Wildman–Crippen LogP) is 0.692. The largest absolute Gasteiger partial charge is 0.379 e. The highest BCUT2D eigenvalue weighted by atomic mass is 16.5. The topological polar surface area (TPSA) is 84.0 Å². The number of H-pyrrole nitrogens is 1. The molecule has 0 aromatic carbocycles. The van der Waals surface area contributed by atoms with E-state index in [1.165, 1.54) is 0 Å². The zero-order valence-electron chi connectivity index (χ0n) is 12.7. The lowest BCUT2D eigenvalue weighted by Gasteiger charge is -2.16. The first-order valence-corrected chi connectivity index (χ1v) is 7.24. The van der Waals surface area contributed by atoms with E-state index in [0.29, 0.717) is 19.5 Å². The molecule has 3 rings (SSSR count). The molecule has 1 saturated heterocycles. The lowest BCUT2D eigenvalue weighted by Crippen LogP contribution is -2.31. The molecule has 116 valence electrons. The van der Waals surface area contributed by atoms with E-state index >= 15 is 0 Å². The third kappa shape index (κ3) is 2.85. The first-order valence-electron chi connectivity index (χ1n) is 7.24. The molecule has 1 aliphatic heterocycles. The second-order valence-corrected chi connectivity index (χ2v) is 5.55. The van der Waals surface area contributed by atoms with Gasteiger partial charge in [0.25, 0.3) is 0 Å². The quantitative estimate of drug-likeness (QED) is 0.898. The van der Waals surface area contributed by atoms with E-state index in [4.69, 9.17) is 4.74 Å². The average molecular weight is 301 g/mol. The van der Waals surface area contributed by atoms with E-state index in [9.17, 15) is 4.79 Å². The number of nitrogens with zero attached hydrogens (tertiary/aromatic N) is 4. The highest BCUT2D eigenvalue weighted by molar-refractivity contribution is 5.79. The summed E-state index contributed by atoms with van der Waals surface area (Å²) in [5.41, 5.74) is 2.88. The van der Waals surface area contributed by atoms with Crippen LogP contribution in [0.1, 0.15) is 22.7 Å². The van der Waals surface area contributed by atoms with Gasteiger partial charge in [0, 0.05) is 32.6 Å². The van der Waals surface area contributed by atoms with Crippen molar-refractivity contribution in [2.24, 2.45) is 0 Å². The molecule has 22 heavy (non-hydrogen) atoms. The van der Waals surface area contributed by atoms with Crippen molar-refractivity contribution >= 4 is 5.91 Å². The molecule has 0 spiro atoms. The number of pyridine rings is 1. The molecule has 1 amide bonds. The summed E-state index contributed by atoms with van der Waals surface area (Å²) >= 11 is 0. The van der Waals surface area contributed by atoms with Gasteiger partial charge in [-0.15, -0.1) is 0 Å². The Hall–Kier alpha value is -2.28. The Bertz CT molecular complexity index is 643. The maximum Gasteiger partial charge on any atom is 0.227 e. The Morgan fingerprint density at radius 2 is 2.32 bits per heavy atom. The monoisotopic (exact) mass is 301 g/mol. The fourth-order valence-corrected chi connectivity index (χ4v) is 2.86. The van der Waals surface area contributed by atoms with E-state index in [0.717, 1.165) is 16.8 Å². The number of likely N-dealkylation sites (tertiary alicyclic amines) is 1. The van der Waals surface area contributed by atoms with Gasteiger partial charge in [-0.05, 0) is 24.1 Å². The van der Waals surface area contributed by atoms with Crippen molar-refractivity contribution in [2.75, 3.05) is 20.2 Å². The van der Waals surface area contributed by atoms with Gasteiger partial charge >= 0.3 is 0 Å². The van der Waals surface area contributed by atoms with Crippen molar-refractivity contribution in [1.29, 1.82) is 0 Å². The minimum atomic E-state index is -0.0485. The van der Waals surface area contributed by atoms with Crippen molar-refractivity contribution < 1.29 is 9.53 Å². The molecule has 2 aromatic heterocycles. The van der Waals surface area contributed by atoms with Crippen LogP contribution in [0.3, 0.4) is 0 Å². The van der Waals surface area contributed by atoms with Gasteiger partial charge in [0.15, 0.2) is 0 Å². The van der Waals surface area contributed by atoms with Crippen LogP contribution >= 0.6 is 0 Å². The number of ether oxygens (including phenoxy) is 1. The highest BCUT2D eigenvalue weighted by Crippen LogP contribution is 2.28. The Labute approximate surface area is 128 Å². The van der Waals surface area contributed by atoms with Crippen LogP contribution in [0.15, 0.2) is 24.7 Å². The summed E-state index contributed by atoms with van der Waals surface area (Å²) < 4.78 is 5.52. The molecule has 0 saturated carbocycles. The van der Waals surface area contributed by atoms with Crippen LogP contribution in [0.2, 0.25) is 0 Å². The molecule has 0 aliphatic carbocycles. The summed E-state index contributed by atoms with van der Waals surface area (Å²) in [6, 6.07) is 1.90. The van der Waals surface area contributed by atoms with Crippen molar-refractivity contribution in [3.8, 4) is 0 Å². The number of methoxy groups -OCH3 is 1. The lowest BCUT2D eigenvalue weighted by atomic mass is 10.0. The number of aryl methyl sites for hydroxylation is 1. The minimum absolute atomic E-state index is 0.0485. The molecule has 7 nitrogen and oxygen atoms in total. The number of hydrogen-bond donors (Lipinski definition) is 1. The predicted molar refractivity (Wildman–Crippen MR) is 79.2 cm³/mol. The Morgan fingerprint density at radius 3 is 3.00 bits per heavy atom. The van der Waals surface area contributed by atoms with Crippen LogP contribution in [0.25, 0.3) is 0 Å². The Kier molecular flexibility index (Phi) is 4.15. The zero-order valence-corrected chi connectivity index (χ0v) is 12.7. The lowest BCUT2D eigenvalue weighted by molar-refractivity contribution is -0.129. The molecular weight excluding hydrogens is 282 g/mol. The van der Waals surface area contributed by atoms with Gasteiger partial charge in [-0.25, -0.2) is 0 Å². The molecule has 1 N–H and O–H groups in total. The third-order valence-electron chi connectivity index (χ3n) is 4.21. The van der Waals surface area contributed by atoms with Gasteiger partial charge in [0.1, 0.15) is 0 Å². The SMILES string of the molecule is CO[C@@H]1CN(C(=O)Cc2ccncc2C)C[C@H]1c1cn[nH]n1. The van der Waals surface area contributed by atoms with Gasteiger partial charge in [0.05, 0.1) is 30.3 Å². The maximum atomic E-state index is 12.5. The Balaban J connectivity index is 1.70. The van der Waals surface area contributed by atoms with Gasteiger partial charge in [0.2, 0.25) is 5.91 Å². The summed E-state index contributed by atoms with van der Waals surface area (Å²) in [5.74, 6) is 0.161. The molecule has 0 radical (unpaired) electrons. The van der Waals surface area contributed by atoms with Crippen LogP contribution in [-0.4, -0.2) is 57.5 Å². The summed E-state index contributed by atoms with van der Waals surface area (Å²) in [6.07, 6.45) is 5.53. The molecule has 0 bridgehead atoms. The number of hydrogen-bond acceptors (Lipinski definition) is 5. The molecule has 2 aromatic rings. The number of carbonyl (C=O) groups is 1. The number of carbonyl (C=O) groups excluding carboxylic acids is 1. The molecule has 2 atom stereocenters. The van der Waals surface area contributed by atoms with Crippen molar-refractivity contribution in [2.45, 2.75) is 25.4 Å². The van der Waals surface area contributed by atoms with Gasteiger partial charge in [-0.1, -0.05) is 0 Å². The fraction of sp³-hybridized carbons (Fsp3) is 0.467. The molecule has 1 fully saturated rings. The number of amides is 1. The molecule has 7 heteroatoms. The maximum absolute atomic E-state index is 12.5. The van der Waals surface area contributed by atoms with Gasteiger partial charge in [-0.3, -0.25) is 9.78 Å². The van der Waals surface area contributed by atoms with Crippen molar-refractivity contribution in [3.05, 3.63) is 41.5 Å². The van der Waals surface area contributed by atoms with Gasteiger partial charge in [-0.2, -0.15) is 15.4 Å². The van der Waals surface area contributed by atoms with E-state index in [1.54, 1.807) is 25.7 Å². The fourth-order valence-electron chi connectivity index (χ4n) is 2.86. The molecule has 1 aliphatic rings. The average Bonchev–Trinajstić information content (AvgIpc) is 3.18. The molecule has 0 unspecified atom stereocenters. The number of aromatic amines is 1. The van der Waals surface area contributed by atoms with E-state index in [2.05, 4.69) is 20.4 Å². The minimum Gasteiger partial charge on any atom is -0.379 e. The van der Waals surface area contributed by atoms with Crippen LogP contribution in [-0.2, 0) is 16.0 Å². The van der Waals surface area contributed by atoms with E-state index in [1.807, 2.05) is 17.9 Å². The van der Waals surface area contributed by atoms with Gasteiger partial charge < -0.3 is 9.64 Å². The highest BCUT2D eigenvalue weighted by Gasteiger charge is 2.37. The molecular formula is C15H19N5O2. The number of aromatic nitrogens is 4. The number of rotatable bonds is 4. The summed E-state index contributed by atoms with van der Waals surface area (Å²) in [4.78, 5) is 18.4. The van der Waals surface area contributed by atoms with E-state index < -0.39 is 0 Å². The summed E-state index contributed by atoms with van der Waals surface area (Å²) in [6.45, 7) is 3.15. The third-order valence-corrected chi connectivity index (χ3v) is 4.21. The normalized spacial score (nSPS) is 21.3. The van der Waals surface area contributed by atoms with Crippen LogP contribution in [0.5, 0.6) is 0 Å². The van der Waals surface area contributed by atoms with Crippen LogP contribution < -0.4 is 0 Å². The van der Waals surface area contributed by atoms with Crippen LogP contribution in [0, 0.1) is 6.92 Å². The number of nitrogens with one attached hydrogen (secondary N) is 1. The standard InChI is InChI=1S/C15H19N5O2/c1-10-6-16-4-3-11(10)5-15(21)20-8-12(14(9-20)22-2)13-7-17-19-18-13/h3-4,6-7,12,14H,5,8-9H2,1-2H3,(H,17,18,19)/t12-,14+/m0/s1. The van der Waals surface area contributed by atoms with Crippen molar-refractivity contribution in [3.63, 3.8) is 0 Å². The van der Waals surface area contributed by atoms with E-state index in [-0.39, 0.29) is 17.9 Å². The molecule has 3 heterocycles. The Morgan fingerprint density at radius 1 is 1.45 bits per heavy atom. The first kappa shape index (κ1) is 14.6. The van der Waals surface area contributed by atoms with Crippen LogP contribution in [0.4, 0.5) is 0 Å². The second kappa shape index (κ2) is 6.23.